The van der Waals surface area contributed by atoms with Crippen molar-refractivity contribution in [3.63, 3.8) is 0 Å². The van der Waals surface area contributed by atoms with Crippen LogP contribution in [0.4, 0.5) is 0 Å². The molecule has 1 aromatic carbocycles. The Kier molecular flexibility index (Phi) is 5.21. The van der Waals surface area contributed by atoms with E-state index in [4.69, 9.17) is 10.7 Å². The number of aryl methyl sites for hydroxylation is 1. The maximum atomic E-state index is 12.2. The second-order valence-electron chi connectivity index (χ2n) is 5.56. The molecule has 0 fully saturated rings. The van der Waals surface area contributed by atoms with E-state index in [-0.39, 0.29) is 16.3 Å². The third-order valence-corrected chi connectivity index (χ3v) is 4.25. The lowest BCUT2D eigenvalue weighted by atomic mass is 9.98. The van der Waals surface area contributed by atoms with Crippen molar-refractivity contribution in [2.24, 2.45) is 0 Å². The Balaban J connectivity index is 3.09. The molecular formula is C14H20ClNO3S. The summed E-state index contributed by atoms with van der Waals surface area (Å²) in [7, 11) is 1.49. The summed E-state index contributed by atoms with van der Waals surface area (Å²) in [6.45, 7) is 7.63. The van der Waals surface area contributed by atoms with Gasteiger partial charge in [0, 0.05) is 21.8 Å². The van der Waals surface area contributed by atoms with E-state index in [0.717, 1.165) is 12.8 Å². The highest BCUT2D eigenvalue weighted by Crippen LogP contribution is 2.20. The minimum Gasteiger partial charge on any atom is -0.347 e. The minimum absolute atomic E-state index is 0.0578. The molecule has 0 bridgehead atoms. The van der Waals surface area contributed by atoms with Crippen molar-refractivity contribution in [2.75, 3.05) is 0 Å². The topological polar surface area (TPSA) is 63.2 Å². The highest BCUT2D eigenvalue weighted by molar-refractivity contribution is 8.13. The fourth-order valence-corrected chi connectivity index (χ4v) is 2.95. The van der Waals surface area contributed by atoms with Gasteiger partial charge in [0.1, 0.15) is 0 Å². The molecule has 20 heavy (non-hydrogen) atoms. The van der Waals surface area contributed by atoms with Gasteiger partial charge in [-0.05, 0) is 51.0 Å². The molecule has 0 aliphatic rings. The number of carbonyl (C=O) groups excluding carboxylic acids is 1. The summed E-state index contributed by atoms with van der Waals surface area (Å²) in [6, 6.07) is 4.38. The van der Waals surface area contributed by atoms with Crippen molar-refractivity contribution in [1.29, 1.82) is 0 Å². The van der Waals surface area contributed by atoms with E-state index in [0.29, 0.717) is 11.1 Å². The molecule has 0 aromatic heterocycles. The maximum absolute atomic E-state index is 12.2. The van der Waals surface area contributed by atoms with Gasteiger partial charge in [-0.1, -0.05) is 13.3 Å². The van der Waals surface area contributed by atoms with E-state index in [1.165, 1.54) is 12.1 Å². The van der Waals surface area contributed by atoms with Gasteiger partial charge in [0.25, 0.3) is 15.0 Å². The minimum atomic E-state index is -3.84. The van der Waals surface area contributed by atoms with Crippen molar-refractivity contribution >= 4 is 25.6 Å². The van der Waals surface area contributed by atoms with Crippen molar-refractivity contribution < 1.29 is 13.2 Å². The summed E-state index contributed by atoms with van der Waals surface area (Å²) in [5, 5.41) is 2.90. The summed E-state index contributed by atoms with van der Waals surface area (Å²) >= 11 is 0. The maximum Gasteiger partial charge on any atom is 0.261 e. The lowest BCUT2D eigenvalue weighted by molar-refractivity contribution is 0.0908. The van der Waals surface area contributed by atoms with Crippen LogP contribution in [-0.4, -0.2) is 19.9 Å². The van der Waals surface area contributed by atoms with Crippen molar-refractivity contribution in [2.45, 2.75) is 51.0 Å². The van der Waals surface area contributed by atoms with Gasteiger partial charge in [0.2, 0.25) is 0 Å². The van der Waals surface area contributed by atoms with Crippen LogP contribution in [0.3, 0.4) is 0 Å². The standard InChI is InChI=1S/C14H20ClNO3S/c1-5-6-14(3,4)16-13(17)11-7-10(2)8-12(9-11)20(15,18)19/h7-9H,5-6H2,1-4H3,(H,16,17). The smallest absolute Gasteiger partial charge is 0.261 e. The van der Waals surface area contributed by atoms with Gasteiger partial charge in [0.05, 0.1) is 4.90 Å². The Morgan fingerprint density at radius 1 is 1.30 bits per heavy atom. The first-order chi connectivity index (χ1) is 9.05. The third-order valence-electron chi connectivity index (χ3n) is 2.92. The first-order valence-electron chi connectivity index (χ1n) is 6.44. The van der Waals surface area contributed by atoms with E-state index < -0.39 is 9.05 Å². The van der Waals surface area contributed by atoms with Gasteiger partial charge in [-0.25, -0.2) is 8.42 Å². The molecule has 0 unspecified atom stereocenters. The Labute approximate surface area is 124 Å². The molecule has 6 heteroatoms. The number of benzene rings is 1. The Hall–Kier alpha value is -1.07. The molecule has 0 aliphatic carbocycles. The number of hydrogen-bond acceptors (Lipinski definition) is 3. The van der Waals surface area contributed by atoms with Gasteiger partial charge in [-0.3, -0.25) is 4.79 Å². The number of halogens is 1. The fraction of sp³-hybridized carbons (Fsp3) is 0.500. The second-order valence-corrected chi connectivity index (χ2v) is 8.13. The van der Waals surface area contributed by atoms with Crippen LogP contribution in [0.25, 0.3) is 0 Å². The van der Waals surface area contributed by atoms with Crippen LogP contribution in [0.15, 0.2) is 23.1 Å². The molecular weight excluding hydrogens is 298 g/mol. The molecule has 1 rings (SSSR count). The monoisotopic (exact) mass is 317 g/mol. The van der Waals surface area contributed by atoms with Crippen LogP contribution in [0.2, 0.25) is 0 Å². The van der Waals surface area contributed by atoms with Crippen molar-refractivity contribution in [3.8, 4) is 0 Å². The molecule has 1 aromatic rings. The van der Waals surface area contributed by atoms with Crippen LogP contribution in [0, 0.1) is 6.92 Å². The second kappa shape index (κ2) is 6.14. The predicted molar refractivity (Wildman–Crippen MR) is 80.7 cm³/mol. The molecule has 0 saturated heterocycles. The van der Waals surface area contributed by atoms with E-state index in [1.54, 1.807) is 13.0 Å². The molecule has 1 N–H and O–H groups in total. The first kappa shape index (κ1) is 17.0. The molecule has 0 atom stereocenters. The SMILES string of the molecule is CCCC(C)(C)NC(=O)c1cc(C)cc(S(=O)(=O)Cl)c1. The Bertz CT molecular complexity index is 609. The van der Waals surface area contributed by atoms with Crippen LogP contribution < -0.4 is 5.32 Å². The van der Waals surface area contributed by atoms with Gasteiger partial charge in [-0.15, -0.1) is 0 Å². The van der Waals surface area contributed by atoms with Crippen molar-refractivity contribution in [3.05, 3.63) is 29.3 Å². The zero-order chi connectivity index (χ0) is 15.6. The molecule has 4 nitrogen and oxygen atoms in total. The van der Waals surface area contributed by atoms with E-state index in [9.17, 15) is 13.2 Å². The number of rotatable bonds is 5. The summed E-state index contributed by atoms with van der Waals surface area (Å²) in [5.41, 5.74) is 0.633. The zero-order valence-corrected chi connectivity index (χ0v) is 13.7. The quantitative estimate of drug-likeness (QED) is 0.848. The van der Waals surface area contributed by atoms with Crippen LogP contribution in [0.1, 0.15) is 49.5 Å². The van der Waals surface area contributed by atoms with E-state index >= 15 is 0 Å². The summed E-state index contributed by atoms with van der Waals surface area (Å²) in [6.07, 6.45) is 1.79. The average molecular weight is 318 g/mol. The van der Waals surface area contributed by atoms with Crippen LogP contribution in [-0.2, 0) is 9.05 Å². The van der Waals surface area contributed by atoms with Crippen molar-refractivity contribution in [1.82, 2.24) is 5.32 Å². The number of carbonyl (C=O) groups is 1. The molecule has 0 spiro atoms. The molecule has 0 heterocycles. The summed E-state index contributed by atoms with van der Waals surface area (Å²) in [4.78, 5) is 12.2. The number of hydrogen-bond donors (Lipinski definition) is 1. The molecule has 0 aliphatic heterocycles. The summed E-state index contributed by atoms with van der Waals surface area (Å²) < 4.78 is 22.8. The lowest BCUT2D eigenvalue weighted by Crippen LogP contribution is -2.43. The molecule has 0 radical (unpaired) electrons. The van der Waals surface area contributed by atoms with E-state index in [2.05, 4.69) is 5.32 Å². The highest BCUT2D eigenvalue weighted by Gasteiger charge is 2.21. The highest BCUT2D eigenvalue weighted by atomic mass is 35.7. The normalized spacial score (nSPS) is 12.2. The van der Waals surface area contributed by atoms with Crippen LogP contribution >= 0.6 is 10.7 Å². The lowest BCUT2D eigenvalue weighted by Gasteiger charge is -2.26. The van der Waals surface area contributed by atoms with Gasteiger partial charge < -0.3 is 5.32 Å². The molecule has 112 valence electrons. The van der Waals surface area contributed by atoms with Gasteiger partial charge >= 0.3 is 0 Å². The van der Waals surface area contributed by atoms with E-state index in [1.807, 2.05) is 20.8 Å². The largest absolute Gasteiger partial charge is 0.347 e. The van der Waals surface area contributed by atoms with Gasteiger partial charge in [0.15, 0.2) is 0 Å². The number of nitrogens with one attached hydrogen (secondary N) is 1. The molecule has 0 saturated carbocycles. The predicted octanol–water partition coefficient (Wildman–Crippen LogP) is 3.23. The number of amides is 1. The third kappa shape index (κ3) is 4.80. The summed E-state index contributed by atoms with van der Waals surface area (Å²) in [5.74, 6) is -0.297. The average Bonchev–Trinajstić information content (AvgIpc) is 2.26. The first-order valence-corrected chi connectivity index (χ1v) is 8.75. The van der Waals surface area contributed by atoms with Gasteiger partial charge in [-0.2, -0.15) is 0 Å². The Morgan fingerprint density at radius 2 is 1.90 bits per heavy atom. The van der Waals surface area contributed by atoms with Crippen LogP contribution in [0.5, 0.6) is 0 Å². The Morgan fingerprint density at radius 3 is 2.40 bits per heavy atom. The zero-order valence-electron chi connectivity index (χ0n) is 12.2. The fourth-order valence-electron chi connectivity index (χ4n) is 2.09. The molecule has 1 amide bonds.